The van der Waals surface area contributed by atoms with Gasteiger partial charge in [-0.3, -0.25) is 14.4 Å². The number of hydrogen-bond donors (Lipinski definition) is 2. The fourth-order valence-corrected chi connectivity index (χ4v) is 7.76. The molecule has 0 radical (unpaired) electrons. The molecule has 0 unspecified atom stereocenters. The highest BCUT2D eigenvalue weighted by molar-refractivity contribution is 6.01. The first kappa shape index (κ1) is 22.4. The minimum absolute atomic E-state index is 0.0580. The van der Waals surface area contributed by atoms with E-state index in [1.54, 1.807) is 6.08 Å². The topological polar surface area (TPSA) is 101 Å². The van der Waals surface area contributed by atoms with Crippen molar-refractivity contribution in [3.8, 4) is 0 Å². The molecule has 7 atom stereocenters. The molecule has 0 bridgehead atoms. The average Bonchev–Trinajstić information content (AvgIpc) is 3.02. The van der Waals surface area contributed by atoms with Gasteiger partial charge in [-0.2, -0.15) is 0 Å². The molecule has 0 aliphatic heterocycles. The highest BCUT2D eigenvalue weighted by atomic mass is 16.6. The summed E-state index contributed by atoms with van der Waals surface area (Å²) < 4.78 is 5.84. The summed E-state index contributed by atoms with van der Waals surface area (Å²) in [7, 11) is 0. The number of rotatable bonds is 5. The standard InChI is InChI=1S/C25H34O6/c1-15-12-17-18(23(2)8-4-16(28)13-20(15)23)5-9-24(3)19(17)6-10-25(24,21(29)14-27)31-22(30)7-11-26/h4,8,13,15,17-19,26-27H,5-7,9-12,14H2,1-3H3/t15-,17+,18-,19-,23+,24-,25-/m0/s1. The highest BCUT2D eigenvalue weighted by Crippen LogP contribution is 2.68. The molecule has 0 aromatic carbocycles. The maximum absolute atomic E-state index is 13.0. The third-order valence-electron chi connectivity index (χ3n) is 9.20. The first-order chi connectivity index (χ1) is 14.6. The molecule has 0 amide bonds. The summed E-state index contributed by atoms with van der Waals surface area (Å²) in [4.78, 5) is 37.5. The van der Waals surface area contributed by atoms with Crippen LogP contribution in [0, 0.1) is 34.5 Å². The second-order valence-electron chi connectivity index (χ2n) is 10.5. The number of aliphatic hydroxyl groups is 2. The van der Waals surface area contributed by atoms with Crippen molar-refractivity contribution >= 4 is 17.5 Å². The van der Waals surface area contributed by atoms with Crippen LogP contribution in [0.4, 0.5) is 0 Å². The second-order valence-corrected chi connectivity index (χ2v) is 10.5. The molecule has 0 aromatic rings. The summed E-state index contributed by atoms with van der Waals surface area (Å²) in [6.45, 7) is 5.48. The molecule has 170 valence electrons. The number of Topliss-reactive ketones (excluding diaryl/α,β-unsaturated/α-hetero) is 1. The van der Waals surface area contributed by atoms with E-state index in [-0.39, 0.29) is 36.1 Å². The van der Waals surface area contributed by atoms with Gasteiger partial charge in [-0.1, -0.05) is 32.4 Å². The molecular formula is C25H34O6. The summed E-state index contributed by atoms with van der Waals surface area (Å²) in [6, 6.07) is 0. The van der Waals surface area contributed by atoms with Crippen LogP contribution in [0.25, 0.3) is 0 Å². The first-order valence-corrected chi connectivity index (χ1v) is 11.5. The number of allylic oxidation sites excluding steroid dienone is 4. The minimum Gasteiger partial charge on any atom is -0.450 e. The molecule has 0 saturated heterocycles. The lowest BCUT2D eigenvalue weighted by molar-refractivity contribution is -0.191. The van der Waals surface area contributed by atoms with Crippen molar-refractivity contribution in [2.45, 2.75) is 64.9 Å². The van der Waals surface area contributed by atoms with Gasteiger partial charge < -0.3 is 14.9 Å². The monoisotopic (exact) mass is 430 g/mol. The van der Waals surface area contributed by atoms with Crippen LogP contribution in [-0.2, 0) is 19.1 Å². The number of fused-ring (bicyclic) bond motifs is 5. The molecule has 4 aliphatic carbocycles. The van der Waals surface area contributed by atoms with Gasteiger partial charge in [0.2, 0.25) is 5.78 Å². The molecule has 0 aromatic heterocycles. The van der Waals surface area contributed by atoms with Crippen molar-refractivity contribution in [2.24, 2.45) is 34.5 Å². The maximum Gasteiger partial charge on any atom is 0.309 e. The number of carbonyl (C=O) groups is 3. The fourth-order valence-electron chi connectivity index (χ4n) is 7.76. The first-order valence-electron chi connectivity index (χ1n) is 11.5. The molecule has 0 heterocycles. The van der Waals surface area contributed by atoms with E-state index in [1.165, 1.54) is 5.57 Å². The molecule has 6 nitrogen and oxygen atoms in total. The highest BCUT2D eigenvalue weighted by Gasteiger charge is 2.68. The van der Waals surface area contributed by atoms with Crippen LogP contribution in [0.5, 0.6) is 0 Å². The zero-order chi connectivity index (χ0) is 22.6. The number of esters is 1. The van der Waals surface area contributed by atoms with Crippen LogP contribution in [0.2, 0.25) is 0 Å². The molecule has 3 fully saturated rings. The van der Waals surface area contributed by atoms with Gasteiger partial charge in [0.25, 0.3) is 0 Å². The van der Waals surface area contributed by atoms with Gasteiger partial charge in [-0.15, -0.1) is 0 Å². The van der Waals surface area contributed by atoms with Crippen LogP contribution in [0.3, 0.4) is 0 Å². The summed E-state index contributed by atoms with van der Waals surface area (Å²) >= 11 is 0. The van der Waals surface area contributed by atoms with Crippen LogP contribution >= 0.6 is 0 Å². The Labute approximate surface area is 183 Å². The summed E-state index contributed by atoms with van der Waals surface area (Å²) in [5.74, 6) is 0.211. The van der Waals surface area contributed by atoms with Gasteiger partial charge >= 0.3 is 5.97 Å². The summed E-state index contributed by atoms with van der Waals surface area (Å²) in [6.07, 6.45) is 9.15. The second kappa shape index (κ2) is 7.66. The van der Waals surface area contributed by atoms with E-state index in [0.717, 1.165) is 25.7 Å². The smallest absolute Gasteiger partial charge is 0.309 e. The zero-order valence-corrected chi connectivity index (χ0v) is 18.7. The molecular weight excluding hydrogens is 396 g/mol. The third kappa shape index (κ3) is 3.09. The van der Waals surface area contributed by atoms with Crippen molar-refractivity contribution in [3.63, 3.8) is 0 Å². The van der Waals surface area contributed by atoms with Gasteiger partial charge in [-0.25, -0.2) is 0 Å². The van der Waals surface area contributed by atoms with E-state index >= 15 is 0 Å². The Hall–Kier alpha value is -1.79. The molecule has 4 aliphatic rings. The fraction of sp³-hybridized carbons (Fsp3) is 0.720. The van der Waals surface area contributed by atoms with E-state index in [9.17, 15) is 19.5 Å². The SMILES string of the molecule is C[C@H]1C[C@@H]2[C@H](CC[C@@]3(C)[C@H]2CC[C@]3(OC(=O)CCO)C(=O)CO)[C@@]2(C)C=CC(=O)C=C12. The zero-order valence-electron chi connectivity index (χ0n) is 18.7. The Morgan fingerprint density at radius 1 is 1.16 bits per heavy atom. The van der Waals surface area contributed by atoms with Crippen molar-refractivity contribution < 1.29 is 29.3 Å². The molecule has 2 N–H and O–H groups in total. The molecule has 3 saturated carbocycles. The number of carbonyl (C=O) groups excluding carboxylic acids is 3. The van der Waals surface area contributed by atoms with Crippen molar-refractivity contribution in [2.75, 3.05) is 13.2 Å². The summed E-state index contributed by atoms with van der Waals surface area (Å²) in [5, 5.41) is 18.9. The predicted octanol–water partition coefficient (Wildman–Crippen LogP) is 2.77. The Morgan fingerprint density at radius 2 is 1.87 bits per heavy atom. The van der Waals surface area contributed by atoms with Gasteiger partial charge in [0.05, 0.1) is 13.0 Å². The van der Waals surface area contributed by atoms with Crippen molar-refractivity contribution in [1.29, 1.82) is 0 Å². The Morgan fingerprint density at radius 3 is 2.55 bits per heavy atom. The van der Waals surface area contributed by atoms with E-state index in [1.807, 2.05) is 6.08 Å². The number of ether oxygens (including phenoxy) is 1. The van der Waals surface area contributed by atoms with Gasteiger partial charge in [0.15, 0.2) is 11.4 Å². The minimum atomic E-state index is -1.33. The van der Waals surface area contributed by atoms with Gasteiger partial charge in [0, 0.05) is 10.8 Å². The Bertz CT molecular complexity index is 858. The Balaban J connectivity index is 1.71. The lowest BCUT2D eigenvalue weighted by Gasteiger charge is -2.59. The number of hydrogen-bond acceptors (Lipinski definition) is 6. The quantitative estimate of drug-likeness (QED) is 0.651. The van der Waals surface area contributed by atoms with Gasteiger partial charge in [-0.05, 0) is 67.9 Å². The van der Waals surface area contributed by atoms with Gasteiger partial charge in [0.1, 0.15) is 6.61 Å². The third-order valence-corrected chi connectivity index (χ3v) is 9.20. The van der Waals surface area contributed by atoms with Crippen LogP contribution in [-0.4, -0.2) is 46.6 Å². The van der Waals surface area contributed by atoms with Crippen LogP contribution < -0.4 is 0 Å². The van der Waals surface area contributed by atoms with E-state index in [0.29, 0.717) is 18.3 Å². The number of aliphatic hydroxyl groups excluding tert-OH is 2. The van der Waals surface area contributed by atoms with E-state index in [2.05, 4.69) is 26.8 Å². The number of ketones is 2. The molecule has 31 heavy (non-hydrogen) atoms. The molecule has 4 rings (SSSR count). The lowest BCUT2D eigenvalue weighted by Crippen LogP contribution is -2.60. The van der Waals surface area contributed by atoms with E-state index < -0.39 is 29.4 Å². The molecule has 6 heteroatoms. The predicted molar refractivity (Wildman–Crippen MR) is 114 cm³/mol. The summed E-state index contributed by atoms with van der Waals surface area (Å²) in [5.41, 5.74) is -0.834. The average molecular weight is 431 g/mol. The normalized spacial score (nSPS) is 43.5. The van der Waals surface area contributed by atoms with E-state index in [4.69, 9.17) is 9.84 Å². The van der Waals surface area contributed by atoms with Crippen molar-refractivity contribution in [3.05, 3.63) is 23.8 Å². The Kier molecular flexibility index (Phi) is 5.54. The maximum atomic E-state index is 13.0. The van der Waals surface area contributed by atoms with Crippen LogP contribution in [0.15, 0.2) is 23.8 Å². The van der Waals surface area contributed by atoms with Crippen LogP contribution in [0.1, 0.15) is 59.3 Å². The molecule has 0 spiro atoms. The lowest BCUT2D eigenvalue weighted by atomic mass is 9.45. The van der Waals surface area contributed by atoms with Crippen molar-refractivity contribution in [1.82, 2.24) is 0 Å². The largest absolute Gasteiger partial charge is 0.450 e.